The monoisotopic (exact) mass is 258 g/mol. The summed E-state index contributed by atoms with van der Waals surface area (Å²) < 4.78 is 11.0. The molecule has 5 heteroatoms. The molecular formula is C12H22N2O2S. The van der Waals surface area contributed by atoms with E-state index in [9.17, 15) is 0 Å². The van der Waals surface area contributed by atoms with Crippen LogP contribution >= 0.6 is 11.8 Å². The van der Waals surface area contributed by atoms with Crippen LogP contribution in [0.2, 0.25) is 0 Å². The number of hydrogen-bond donors (Lipinski definition) is 1. The third-order valence-corrected chi connectivity index (χ3v) is 4.33. The highest BCUT2D eigenvalue weighted by Crippen LogP contribution is 2.25. The van der Waals surface area contributed by atoms with Gasteiger partial charge < -0.3 is 14.8 Å². The lowest BCUT2D eigenvalue weighted by atomic mass is 10.0. The summed E-state index contributed by atoms with van der Waals surface area (Å²) in [5.74, 6) is 1.13. The number of nitrogens with zero attached hydrogens (tertiary/aromatic N) is 1. The predicted molar refractivity (Wildman–Crippen MR) is 71.8 cm³/mol. The zero-order valence-corrected chi connectivity index (χ0v) is 11.7. The Morgan fingerprint density at radius 1 is 1.47 bits per heavy atom. The maximum absolute atomic E-state index is 5.57. The zero-order chi connectivity index (χ0) is 12.4. The van der Waals surface area contributed by atoms with Crippen molar-refractivity contribution >= 4 is 16.9 Å². The van der Waals surface area contributed by atoms with Gasteiger partial charge in [0.1, 0.15) is 5.60 Å². The van der Waals surface area contributed by atoms with E-state index in [-0.39, 0.29) is 11.1 Å². The molecule has 98 valence electrons. The predicted octanol–water partition coefficient (Wildman–Crippen LogP) is 1.65. The van der Waals surface area contributed by atoms with Crippen LogP contribution < -0.4 is 5.32 Å². The van der Waals surface area contributed by atoms with Crippen LogP contribution in [0, 0.1) is 0 Å². The van der Waals surface area contributed by atoms with Crippen LogP contribution in [0.1, 0.15) is 26.7 Å². The third kappa shape index (κ3) is 3.36. The number of hydrogen-bond acceptors (Lipinski definition) is 4. The van der Waals surface area contributed by atoms with Gasteiger partial charge >= 0.3 is 0 Å². The molecule has 4 nitrogen and oxygen atoms in total. The highest BCUT2D eigenvalue weighted by atomic mass is 32.2. The Morgan fingerprint density at radius 2 is 2.29 bits per heavy atom. The van der Waals surface area contributed by atoms with E-state index in [1.54, 1.807) is 18.9 Å². The number of ether oxygens (including phenoxy) is 2. The Hall–Kier alpha value is -0.260. The molecule has 1 N–H and O–H groups in total. The Morgan fingerprint density at radius 3 is 2.88 bits per heavy atom. The first-order valence-corrected chi connectivity index (χ1v) is 7.12. The molecule has 2 aliphatic heterocycles. The van der Waals surface area contributed by atoms with Crippen LogP contribution in [0.3, 0.4) is 0 Å². The molecule has 0 aromatic heterocycles. The zero-order valence-electron chi connectivity index (χ0n) is 10.9. The van der Waals surface area contributed by atoms with E-state index in [4.69, 9.17) is 9.47 Å². The van der Waals surface area contributed by atoms with E-state index in [0.717, 1.165) is 23.9 Å². The van der Waals surface area contributed by atoms with Gasteiger partial charge in [-0.3, -0.25) is 4.99 Å². The molecule has 2 saturated heterocycles. The molecule has 0 amide bonds. The van der Waals surface area contributed by atoms with Crippen molar-refractivity contribution in [3.05, 3.63) is 0 Å². The molecule has 2 heterocycles. The Kier molecular flexibility index (Phi) is 4.00. The van der Waals surface area contributed by atoms with Crippen molar-refractivity contribution in [2.24, 2.45) is 4.99 Å². The van der Waals surface area contributed by atoms with E-state index in [1.807, 2.05) is 0 Å². The molecule has 0 aromatic rings. The van der Waals surface area contributed by atoms with Gasteiger partial charge in [0.15, 0.2) is 5.17 Å². The fourth-order valence-electron chi connectivity index (χ4n) is 2.03. The molecule has 0 spiro atoms. The molecule has 1 unspecified atom stereocenters. The minimum absolute atomic E-state index is 0.163. The molecule has 0 aromatic carbocycles. The molecule has 0 aliphatic carbocycles. The second-order valence-electron chi connectivity index (χ2n) is 5.42. The summed E-state index contributed by atoms with van der Waals surface area (Å²) in [7, 11) is 1.75. The van der Waals surface area contributed by atoms with Crippen molar-refractivity contribution in [1.82, 2.24) is 5.32 Å². The van der Waals surface area contributed by atoms with E-state index >= 15 is 0 Å². The van der Waals surface area contributed by atoms with Gasteiger partial charge in [0, 0.05) is 31.4 Å². The summed E-state index contributed by atoms with van der Waals surface area (Å²) in [5, 5.41) is 4.52. The first-order valence-electron chi connectivity index (χ1n) is 6.14. The normalized spacial score (nSPS) is 34.9. The van der Waals surface area contributed by atoms with Crippen LogP contribution in [0.5, 0.6) is 0 Å². The Balaban J connectivity index is 1.95. The van der Waals surface area contributed by atoms with E-state index < -0.39 is 0 Å². The molecule has 2 fully saturated rings. The van der Waals surface area contributed by atoms with Gasteiger partial charge in [0.05, 0.1) is 13.2 Å². The minimum Gasteiger partial charge on any atom is -0.378 e. The van der Waals surface area contributed by atoms with Crippen molar-refractivity contribution in [2.75, 3.05) is 32.6 Å². The van der Waals surface area contributed by atoms with Gasteiger partial charge in [-0.15, -0.1) is 0 Å². The van der Waals surface area contributed by atoms with Crippen molar-refractivity contribution in [2.45, 2.75) is 37.8 Å². The lowest BCUT2D eigenvalue weighted by molar-refractivity contribution is -0.00900. The first-order chi connectivity index (χ1) is 8.05. The van der Waals surface area contributed by atoms with Crippen molar-refractivity contribution in [3.63, 3.8) is 0 Å². The molecule has 17 heavy (non-hydrogen) atoms. The fraction of sp³-hybridized carbons (Fsp3) is 0.917. The highest BCUT2D eigenvalue weighted by molar-refractivity contribution is 8.13. The largest absolute Gasteiger partial charge is 0.378 e. The summed E-state index contributed by atoms with van der Waals surface area (Å²) in [6, 6.07) is 0. The number of nitrogens with one attached hydrogen (secondary N) is 1. The summed E-state index contributed by atoms with van der Waals surface area (Å²) in [4.78, 5) is 4.67. The summed E-state index contributed by atoms with van der Waals surface area (Å²) in [6.07, 6.45) is 2.11. The average molecular weight is 258 g/mol. The standard InChI is InChI=1S/C12H22N2O2S/c1-11(2)5-7-17-10(14-11)13-8-12(15-3)4-6-16-9-12/h4-9H2,1-3H3,(H,13,14). The molecular weight excluding hydrogens is 236 g/mol. The SMILES string of the molecule is COC1(CN=C2NC(C)(C)CCS2)CCOC1. The van der Waals surface area contributed by atoms with Gasteiger partial charge in [-0.2, -0.15) is 0 Å². The van der Waals surface area contributed by atoms with Crippen LogP contribution in [-0.2, 0) is 9.47 Å². The van der Waals surface area contributed by atoms with Crippen LogP contribution in [-0.4, -0.2) is 48.9 Å². The van der Waals surface area contributed by atoms with Gasteiger partial charge in [0.2, 0.25) is 0 Å². The molecule has 0 radical (unpaired) electrons. The second-order valence-corrected chi connectivity index (χ2v) is 6.50. The minimum atomic E-state index is -0.198. The number of aliphatic imine (C=N–C) groups is 1. The van der Waals surface area contributed by atoms with Gasteiger partial charge in [-0.05, 0) is 20.3 Å². The number of amidine groups is 1. The molecule has 1 atom stereocenters. The van der Waals surface area contributed by atoms with E-state index in [1.165, 1.54) is 6.42 Å². The number of thioether (sulfide) groups is 1. The second kappa shape index (κ2) is 5.16. The Labute approximate surface area is 108 Å². The van der Waals surface area contributed by atoms with Gasteiger partial charge in [-0.25, -0.2) is 0 Å². The van der Waals surface area contributed by atoms with Crippen LogP contribution in [0.25, 0.3) is 0 Å². The average Bonchev–Trinajstić information content (AvgIpc) is 2.75. The lowest BCUT2D eigenvalue weighted by Crippen LogP contribution is -2.47. The van der Waals surface area contributed by atoms with Gasteiger partial charge in [0.25, 0.3) is 0 Å². The summed E-state index contributed by atoms with van der Waals surface area (Å²) >= 11 is 1.80. The smallest absolute Gasteiger partial charge is 0.157 e. The fourth-order valence-corrected chi connectivity index (χ4v) is 3.34. The number of methoxy groups -OCH3 is 1. The first kappa shape index (κ1) is 13.2. The maximum Gasteiger partial charge on any atom is 0.157 e. The van der Waals surface area contributed by atoms with E-state index in [2.05, 4.69) is 24.2 Å². The Bertz CT molecular complexity index is 299. The molecule has 2 aliphatic rings. The maximum atomic E-state index is 5.57. The molecule has 0 bridgehead atoms. The number of rotatable bonds is 3. The molecule has 0 saturated carbocycles. The van der Waals surface area contributed by atoms with Crippen LogP contribution in [0.4, 0.5) is 0 Å². The van der Waals surface area contributed by atoms with Crippen molar-refractivity contribution in [1.29, 1.82) is 0 Å². The molecule has 2 rings (SSSR count). The van der Waals surface area contributed by atoms with Crippen LogP contribution in [0.15, 0.2) is 4.99 Å². The van der Waals surface area contributed by atoms with E-state index in [0.29, 0.717) is 13.2 Å². The quantitative estimate of drug-likeness (QED) is 0.836. The van der Waals surface area contributed by atoms with Crippen molar-refractivity contribution < 1.29 is 9.47 Å². The summed E-state index contributed by atoms with van der Waals surface area (Å²) in [6.45, 7) is 6.56. The topological polar surface area (TPSA) is 42.8 Å². The van der Waals surface area contributed by atoms with Crippen molar-refractivity contribution in [3.8, 4) is 0 Å². The third-order valence-electron chi connectivity index (χ3n) is 3.42. The lowest BCUT2D eigenvalue weighted by Gasteiger charge is -2.33. The highest BCUT2D eigenvalue weighted by Gasteiger charge is 2.35. The summed E-state index contributed by atoms with van der Waals surface area (Å²) in [5.41, 5.74) is -0.0344. The van der Waals surface area contributed by atoms with Gasteiger partial charge in [-0.1, -0.05) is 11.8 Å².